The van der Waals surface area contributed by atoms with Gasteiger partial charge in [0.05, 0.1) is 0 Å². The van der Waals surface area contributed by atoms with Crippen molar-refractivity contribution in [3.05, 3.63) is 145 Å². The molecule has 5 aromatic carbocycles. The van der Waals surface area contributed by atoms with Crippen molar-refractivity contribution < 1.29 is 29.9 Å². The summed E-state index contributed by atoms with van der Waals surface area (Å²) in [7, 11) is 0. The summed E-state index contributed by atoms with van der Waals surface area (Å²) in [6.45, 7) is 12.9. The Labute approximate surface area is 326 Å². The molecule has 0 atom stereocenters. The van der Waals surface area contributed by atoms with Crippen LogP contribution in [0, 0.1) is 18.8 Å². The van der Waals surface area contributed by atoms with Crippen molar-refractivity contribution >= 4 is 38.9 Å². The zero-order valence-electron chi connectivity index (χ0n) is 33.2. The SMILES string of the molecule is [2H]C([2H])([2H])N1[CH-]N(c2[c-]c(Oc3[c-]c4c(cc3)c3ccccc3n4-c3cc(-c4c(C(C)C)cc(C(C)C)cc4C(C)C)ccn3)ccc2)c2ccccc21.[Pt]. The van der Waals surface area contributed by atoms with Crippen LogP contribution in [0.4, 0.5) is 17.1 Å². The Morgan fingerprint density at radius 1 is 0.712 bits per heavy atom. The van der Waals surface area contributed by atoms with Gasteiger partial charge in [0.2, 0.25) is 0 Å². The summed E-state index contributed by atoms with van der Waals surface area (Å²) < 4.78 is 32.8. The van der Waals surface area contributed by atoms with Crippen molar-refractivity contribution in [2.75, 3.05) is 16.8 Å². The fourth-order valence-electron chi connectivity index (χ4n) is 7.22. The molecular weight excluding hydrogens is 820 g/mol. The van der Waals surface area contributed by atoms with Gasteiger partial charge in [0.1, 0.15) is 5.82 Å². The predicted molar refractivity (Wildman–Crippen MR) is 212 cm³/mol. The van der Waals surface area contributed by atoms with Crippen LogP contribution in [0.15, 0.2) is 109 Å². The molecule has 0 fully saturated rings. The van der Waals surface area contributed by atoms with E-state index >= 15 is 0 Å². The van der Waals surface area contributed by atoms with Crippen molar-refractivity contribution in [1.29, 1.82) is 0 Å². The van der Waals surface area contributed by atoms with E-state index < -0.39 is 6.98 Å². The molecule has 2 aromatic heterocycles. The zero-order valence-corrected chi connectivity index (χ0v) is 32.5. The van der Waals surface area contributed by atoms with Crippen molar-refractivity contribution in [3.8, 4) is 28.4 Å². The third-order valence-electron chi connectivity index (χ3n) is 9.82. The van der Waals surface area contributed by atoms with Gasteiger partial charge in [0.25, 0.3) is 0 Å². The molecule has 0 bridgehead atoms. The van der Waals surface area contributed by atoms with Gasteiger partial charge in [-0.25, -0.2) is 4.98 Å². The van der Waals surface area contributed by atoms with Gasteiger partial charge >= 0.3 is 0 Å². The van der Waals surface area contributed by atoms with E-state index in [0.717, 1.165) is 38.9 Å². The Morgan fingerprint density at radius 2 is 1.42 bits per heavy atom. The minimum atomic E-state index is -2.33. The van der Waals surface area contributed by atoms with Gasteiger partial charge in [-0.1, -0.05) is 89.5 Å². The summed E-state index contributed by atoms with van der Waals surface area (Å²) in [4.78, 5) is 8.09. The summed E-state index contributed by atoms with van der Waals surface area (Å²) in [6, 6.07) is 41.5. The van der Waals surface area contributed by atoms with E-state index in [1.807, 2.05) is 53.6 Å². The number of hydrogen-bond acceptors (Lipinski definition) is 4. The number of hydrogen-bond donors (Lipinski definition) is 0. The fourth-order valence-corrected chi connectivity index (χ4v) is 7.22. The number of anilines is 3. The molecule has 52 heavy (non-hydrogen) atoms. The first kappa shape index (κ1) is 31.8. The number of pyridine rings is 1. The Bertz CT molecular complexity index is 2490. The van der Waals surface area contributed by atoms with Crippen molar-refractivity contribution in [1.82, 2.24) is 9.55 Å². The van der Waals surface area contributed by atoms with Gasteiger partial charge in [-0.15, -0.1) is 41.4 Å². The predicted octanol–water partition coefficient (Wildman–Crippen LogP) is 12.3. The summed E-state index contributed by atoms with van der Waals surface area (Å²) in [5.74, 6) is 2.95. The maximum atomic E-state index is 8.07. The Balaban J connectivity index is 0.00000465. The molecule has 6 heteroatoms. The summed E-state index contributed by atoms with van der Waals surface area (Å²) in [6.07, 6.45) is 1.91. The quantitative estimate of drug-likeness (QED) is 0.143. The second-order valence-corrected chi connectivity index (χ2v) is 14.2. The first-order chi connectivity index (χ1) is 25.9. The Hall–Kier alpha value is -4.86. The van der Waals surface area contributed by atoms with E-state index in [2.05, 4.69) is 113 Å². The van der Waals surface area contributed by atoms with Gasteiger partial charge in [-0.3, -0.25) is 0 Å². The zero-order chi connectivity index (χ0) is 37.9. The van der Waals surface area contributed by atoms with Gasteiger partial charge in [-0.05, 0) is 88.3 Å². The monoisotopic (exact) mass is 865 g/mol. The van der Waals surface area contributed by atoms with Crippen LogP contribution in [0.1, 0.15) is 80.1 Å². The van der Waals surface area contributed by atoms with Crippen LogP contribution < -0.4 is 14.5 Å². The van der Waals surface area contributed by atoms with Crippen LogP contribution in [0.2, 0.25) is 0 Å². The van der Waals surface area contributed by atoms with E-state index in [0.29, 0.717) is 40.6 Å². The number of benzene rings is 5. The third-order valence-corrected chi connectivity index (χ3v) is 9.82. The van der Waals surface area contributed by atoms with Crippen molar-refractivity contribution in [2.45, 2.75) is 59.3 Å². The van der Waals surface area contributed by atoms with Crippen LogP contribution in [-0.4, -0.2) is 16.5 Å². The van der Waals surface area contributed by atoms with E-state index in [4.69, 9.17) is 13.8 Å². The second kappa shape index (κ2) is 14.3. The Morgan fingerprint density at radius 3 is 2.15 bits per heavy atom. The van der Waals surface area contributed by atoms with E-state index in [1.54, 1.807) is 12.7 Å². The molecule has 0 N–H and O–H groups in total. The number of nitrogens with zero attached hydrogens (tertiary/aromatic N) is 4. The second-order valence-electron chi connectivity index (χ2n) is 14.2. The molecule has 1 aliphatic rings. The first-order valence-corrected chi connectivity index (χ1v) is 17.7. The molecule has 1 aliphatic heterocycles. The molecule has 0 saturated carbocycles. The average Bonchev–Trinajstić information content (AvgIpc) is 3.71. The molecule has 0 saturated heterocycles. The normalized spacial score (nSPS) is 13.8. The fraction of sp³-hybridized carbons (Fsp3) is 0.217. The van der Waals surface area contributed by atoms with Crippen LogP contribution in [0.25, 0.3) is 38.8 Å². The molecule has 5 nitrogen and oxygen atoms in total. The summed E-state index contributed by atoms with van der Waals surface area (Å²) in [5.41, 5.74) is 10.4. The minimum absolute atomic E-state index is 0. The minimum Gasteiger partial charge on any atom is -0.509 e. The molecular formula is C46H43N4OPt-3. The van der Waals surface area contributed by atoms with Crippen LogP contribution in [-0.2, 0) is 21.1 Å². The maximum absolute atomic E-state index is 8.07. The average molecular weight is 866 g/mol. The smallest absolute Gasteiger partial charge is 0.136 e. The number of fused-ring (bicyclic) bond motifs is 4. The number of rotatable bonds is 8. The summed E-state index contributed by atoms with van der Waals surface area (Å²) in [5, 5.41) is 2.15. The van der Waals surface area contributed by atoms with Gasteiger partial charge in [0.15, 0.2) is 0 Å². The molecule has 0 radical (unpaired) electrons. The van der Waals surface area contributed by atoms with E-state index in [1.165, 1.54) is 27.2 Å². The van der Waals surface area contributed by atoms with Gasteiger partial charge in [-0.2, -0.15) is 18.8 Å². The largest absolute Gasteiger partial charge is 0.509 e. The number of ether oxygens (including phenoxy) is 1. The van der Waals surface area contributed by atoms with Crippen molar-refractivity contribution in [3.63, 3.8) is 0 Å². The van der Waals surface area contributed by atoms with E-state index in [9.17, 15) is 0 Å². The maximum Gasteiger partial charge on any atom is 0.136 e. The molecule has 266 valence electrons. The number of para-hydroxylation sites is 3. The summed E-state index contributed by atoms with van der Waals surface area (Å²) >= 11 is 0. The molecule has 7 aromatic rings. The molecule has 8 rings (SSSR count). The van der Waals surface area contributed by atoms with Gasteiger partial charge < -0.3 is 19.1 Å². The Kier molecular flexibility index (Phi) is 8.74. The number of aromatic nitrogens is 2. The third kappa shape index (κ3) is 6.30. The first-order valence-electron chi connectivity index (χ1n) is 19.2. The molecule has 3 heterocycles. The van der Waals surface area contributed by atoms with E-state index in [-0.39, 0.29) is 21.1 Å². The molecule has 0 unspecified atom stereocenters. The van der Waals surface area contributed by atoms with Crippen LogP contribution in [0.5, 0.6) is 11.5 Å². The van der Waals surface area contributed by atoms with Crippen LogP contribution in [0.3, 0.4) is 0 Å². The molecule has 0 amide bonds. The molecule has 0 spiro atoms. The molecule has 0 aliphatic carbocycles. The standard InChI is InChI=1S/C46H43N4O.Pt/c1-29(2)33-23-39(30(3)4)46(40(24-33)31(5)6)32-21-22-47-45(25-32)50-41-16-9-8-15-37(41)38-20-19-36(27-44(38)50)51-35-14-12-13-34(26-35)49-28-48(7)42-17-10-11-18-43(42)49;/h8-25,28-31H,1-7H3;/q-3;/i7D3;. The topological polar surface area (TPSA) is 33.5 Å². The van der Waals surface area contributed by atoms with Crippen molar-refractivity contribution in [2.24, 2.45) is 0 Å². The van der Waals surface area contributed by atoms with Crippen LogP contribution >= 0.6 is 0 Å². The van der Waals surface area contributed by atoms with Gasteiger partial charge in [0, 0.05) is 59.8 Å².